The average Bonchev–Trinajstić information content (AvgIpc) is 2.89. The molecule has 0 aliphatic carbocycles. The minimum atomic E-state index is -4.54. The van der Waals surface area contributed by atoms with Gasteiger partial charge in [-0.2, -0.15) is 18.3 Å². The van der Waals surface area contributed by atoms with Gasteiger partial charge in [-0.25, -0.2) is 0 Å². The van der Waals surface area contributed by atoms with Gasteiger partial charge in [-0.3, -0.25) is 9.89 Å². The third kappa shape index (κ3) is 4.24. The molecule has 1 amide bonds. The van der Waals surface area contributed by atoms with Crippen molar-refractivity contribution in [2.24, 2.45) is 0 Å². The Bertz CT molecular complexity index is 683. The number of alkyl halides is 3. The van der Waals surface area contributed by atoms with Gasteiger partial charge < -0.3 is 10.1 Å². The van der Waals surface area contributed by atoms with Crippen molar-refractivity contribution in [2.45, 2.75) is 32.7 Å². The highest BCUT2D eigenvalue weighted by atomic mass is 19.4. The van der Waals surface area contributed by atoms with Crippen LogP contribution in [0.1, 0.15) is 23.7 Å². The van der Waals surface area contributed by atoms with E-state index in [0.29, 0.717) is 0 Å². The van der Waals surface area contributed by atoms with Gasteiger partial charge in [-0.05, 0) is 26.0 Å². The number of aromatic nitrogens is 2. The number of rotatable bonds is 5. The molecule has 0 fully saturated rings. The lowest BCUT2D eigenvalue weighted by Crippen LogP contribution is -2.36. The summed E-state index contributed by atoms with van der Waals surface area (Å²) in [5.74, 6) is -0.885. The van der Waals surface area contributed by atoms with Gasteiger partial charge >= 0.3 is 6.18 Å². The smallest absolute Gasteiger partial charge is 0.419 e. The Kier molecular flexibility index (Phi) is 4.92. The Morgan fingerprint density at radius 1 is 1.39 bits per heavy atom. The lowest BCUT2D eigenvalue weighted by atomic mass is 10.2. The molecule has 23 heavy (non-hydrogen) atoms. The highest BCUT2D eigenvalue weighted by molar-refractivity contribution is 5.80. The summed E-state index contributed by atoms with van der Waals surface area (Å²) in [6.45, 7) is 3.41. The third-order valence-corrected chi connectivity index (χ3v) is 3.25. The van der Waals surface area contributed by atoms with Crippen LogP contribution in [0.3, 0.4) is 0 Å². The zero-order valence-corrected chi connectivity index (χ0v) is 12.6. The number of aromatic amines is 1. The van der Waals surface area contributed by atoms with Crippen LogP contribution >= 0.6 is 0 Å². The quantitative estimate of drug-likeness (QED) is 0.887. The molecule has 8 heteroatoms. The minimum Gasteiger partial charge on any atom is -0.480 e. The maximum atomic E-state index is 12.9. The Hall–Kier alpha value is -2.51. The van der Waals surface area contributed by atoms with Crippen molar-refractivity contribution in [3.8, 4) is 5.75 Å². The summed E-state index contributed by atoms with van der Waals surface area (Å²) in [5, 5.41) is 9.15. The van der Waals surface area contributed by atoms with Crippen molar-refractivity contribution >= 4 is 5.91 Å². The van der Waals surface area contributed by atoms with E-state index in [1.807, 2.05) is 0 Å². The molecule has 2 N–H and O–H groups in total. The first-order valence-corrected chi connectivity index (χ1v) is 6.88. The number of benzene rings is 1. The van der Waals surface area contributed by atoms with E-state index in [2.05, 4.69) is 15.5 Å². The molecule has 0 saturated heterocycles. The molecular weight excluding hydrogens is 311 g/mol. The number of aryl methyl sites for hydroxylation is 1. The fraction of sp³-hybridized carbons (Fsp3) is 0.333. The monoisotopic (exact) mass is 327 g/mol. The molecule has 124 valence electrons. The molecule has 5 nitrogen and oxygen atoms in total. The van der Waals surface area contributed by atoms with Crippen molar-refractivity contribution < 1.29 is 22.7 Å². The van der Waals surface area contributed by atoms with E-state index in [9.17, 15) is 18.0 Å². The summed E-state index contributed by atoms with van der Waals surface area (Å²) in [5.41, 5.74) is 0.688. The first-order chi connectivity index (χ1) is 10.8. The van der Waals surface area contributed by atoms with Gasteiger partial charge in [-0.1, -0.05) is 12.1 Å². The lowest BCUT2D eigenvalue weighted by molar-refractivity contribution is -0.140. The van der Waals surface area contributed by atoms with Crippen molar-refractivity contribution in [1.29, 1.82) is 0 Å². The molecule has 0 bridgehead atoms. The zero-order chi connectivity index (χ0) is 17.0. The van der Waals surface area contributed by atoms with E-state index in [0.717, 1.165) is 17.3 Å². The predicted octanol–water partition coefficient (Wildman–Crippen LogP) is 2.82. The van der Waals surface area contributed by atoms with Gasteiger partial charge in [0, 0.05) is 17.8 Å². The van der Waals surface area contributed by atoms with Crippen molar-refractivity contribution in [3.63, 3.8) is 0 Å². The van der Waals surface area contributed by atoms with Crippen LogP contribution in [-0.4, -0.2) is 22.2 Å². The number of hydrogen-bond acceptors (Lipinski definition) is 3. The lowest BCUT2D eigenvalue weighted by Gasteiger charge is -2.18. The molecule has 1 atom stereocenters. The topological polar surface area (TPSA) is 67.0 Å². The minimum absolute atomic E-state index is 0.218. The average molecular weight is 327 g/mol. The highest BCUT2D eigenvalue weighted by Crippen LogP contribution is 2.36. The molecule has 0 aliphatic rings. The second-order valence-corrected chi connectivity index (χ2v) is 4.99. The van der Waals surface area contributed by atoms with Gasteiger partial charge in [0.05, 0.1) is 11.8 Å². The summed E-state index contributed by atoms with van der Waals surface area (Å²) in [6, 6.07) is 4.79. The molecule has 0 radical (unpaired) electrons. The van der Waals surface area contributed by atoms with E-state index in [-0.39, 0.29) is 12.3 Å². The van der Waals surface area contributed by atoms with Crippen LogP contribution in [0.15, 0.2) is 30.5 Å². The van der Waals surface area contributed by atoms with Crippen LogP contribution in [0.25, 0.3) is 0 Å². The standard InChI is InChI=1S/C15H16F3N3O2/c1-9-11(8-20-21-9)7-19-14(22)10(2)23-13-6-4-3-5-12(13)15(16,17)18/h3-6,8,10H,7H2,1-2H3,(H,19,22)(H,20,21)/t10-/m0/s1. The number of carbonyl (C=O) groups excluding carboxylic acids is 1. The number of H-pyrrole nitrogens is 1. The number of halogens is 3. The second kappa shape index (κ2) is 6.72. The van der Waals surface area contributed by atoms with Gasteiger partial charge in [0.2, 0.25) is 0 Å². The Morgan fingerprint density at radius 2 is 2.09 bits per heavy atom. The van der Waals surface area contributed by atoms with E-state index in [1.165, 1.54) is 25.1 Å². The van der Waals surface area contributed by atoms with Gasteiger partial charge in [0.25, 0.3) is 5.91 Å². The van der Waals surface area contributed by atoms with Crippen LogP contribution in [0.4, 0.5) is 13.2 Å². The summed E-state index contributed by atoms with van der Waals surface area (Å²) < 4.78 is 43.8. The van der Waals surface area contributed by atoms with Gasteiger partial charge in [0.15, 0.2) is 6.10 Å². The number of ether oxygens (including phenoxy) is 1. The predicted molar refractivity (Wildman–Crippen MR) is 76.7 cm³/mol. The van der Waals surface area contributed by atoms with E-state index in [4.69, 9.17) is 4.74 Å². The molecule has 0 aliphatic heterocycles. The molecule has 1 heterocycles. The first-order valence-electron chi connectivity index (χ1n) is 6.88. The summed E-state index contributed by atoms with van der Waals surface area (Å²) in [6.07, 6.45) is -4.04. The largest absolute Gasteiger partial charge is 0.480 e. The van der Waals surface area contributed by atoms with Crippen molar-refractivity contribution in [2.75, 3.05) is 0 Å². The van der Waals surface area contributed by atoms with E-state index >= 15 is 0 Å². The molecule has 0 saturated carbocycles. The van der Waals surface area contributed by atoms with Crippen molar-refractivity contribution in [1.82, 2.24) is 15.5 Å². The number of hydrogen-bond donors (Lipinski definition) is 2. The van der Waals surface area contributed by atoms with Crippen LogP contribution in [0, 0.1) is 6.92 Å². The number of nitrogens with zero attached hydrogens (tertiary/aromatic N) is 1. The number of nitrogens with one attached hydrogen (secondary N) is 2. The SMILES string of the molecule is Cc1[nH]ncc1CNC(=O)[C@H](C)Oc1ccccc1C(F)(F)F. The summed E-state index contributed by atoms with van der Waals surface area (Å²) in [7, 11) is 0. The van der Waals surface area contributed by atoms with Crippen LogP contribution in [0.2, 0.25) is 0 Å². The molecular formula is C15H16F3N3O2. The number of amides is 1. The fourth-order valence-corrected chi connectivity index (χ4v) is 1.93. The van der Waals surface area contributed by atoms with E-state index < -0.39 is 23.8 Å². The zero-order valence-electron chi connectivity index (χ0n) is 12.6. The molecule has 1 aromatic heterocycles. The van der Waals surface area contributed by atoms with Crippen LogP contribution in [0.5, 0.6) is 5.75 Å². The Morgan fingerprint density at radius 3 is 2.70 bits per heavy atom. The number of para-hydroxylation sites is 1. The van der Waals surface area contributed by atoms with E-state index in [1.54, 1.807) is 13.1 Å². The second-order valence-electron chi connectivity index (χ2n) is 4.99. The highest BCUT2D eigenvalue weighted by Gasteiger charge is 2.34. The number of carbonyl (C=O) groups is 1. The molecule has 0 unspecified atom stereocenters. The van der Waals surface area contributed by atoms with Gasteiger partial charge in [0.1, 0.15) is 5.75 Å². The molecule has 1 aromatic carbocycles. The normalized spacial score (nSPS) is 12.7. The molecule has 0 spiro atoms. The molecule has 2 rings (SSSR count). The molecule has 2 aromatic rings. The van der Waals surface area contributed by atoms with Crippen molar-refractivity contribution in [3.05, 3.63) is 47.3 Å². The van der Waals surface area contributed by atoms with Gasteiger partial charge in [-0.15, -0.1) is 0 Å². The maximum absolute atomic E-state index is 12.9. The summed E-state index contributed by atoms with van der Waals surface area (Å²) >= 11 is 0. The fourth-order valence-electron chi connectivity index (χ4n) is 1.93. The Labute approximate surface area is 130 Å². The third-order valence-electron chi connectivity index (χ3n) is 3.25. The maximum Gasteiger partial charge on any atom is 0.419 e. The Balaban J connectivity index is 2.00. The van der Waals surface area contributed by atoms with Crippen LogP contribution in [-0.2, 0) is 17.5 Å². The summed E-state index contributed by atoms with van der Waals surface area (Å²) in [4.78, 5) is 12.0. The van der Waals surface area contributed by atoms with Crippen LogP contribution < -0.4 is 10.1 Å². The first kappa shape index (κ1) is 16.9.